The van der Waals surface area contributed by atoms with Crippen molar-refractivity contribution in [1.82, 2.24) is 15.5 Å². The molecule has 2 N–H and O–H groups in total. The van der Waals surface area contributed by atoms with E-state index in [1.54, 1.807) is 12.1 Å². The van der Waals surface area contributed by atoms with E-state index < -0.39 is 0 Å². The maximum Gasteiger partial charge on any atom is 0.286 e. The number of furan rings is 1. The van der Waals surface area contributed by atoms with Crippen molar-refractivity contribution in [2.45, 2.75) is 25.7 Å². The normalized spacial score (nSPS) is 15.1. The first-order chi connectivity index (χ1) is 10.7. The van der Waals surface area contributed by atoms with Crippen LogP contribution in [0.2, 0.25) is 0 Å². The largest absolute Gasteiger partial charge is 0.459 e. The van der Waals surface area contributed by atoms with Crippen LogP contribution < -0.4 is 10.6 Å². The van der Waals surface area contributed by atoms with Gasteiger partial charge in [0, 0.05) is 26.1 Å². The fraction of sp³-hybridized carbons (Fsp3) is 0.625. The van der Waals surface area contributed by atoms with E-state index in [1.807, 2.05) is 11.9 Å². The summed E-state index contributed by atoms with van der Waals surface area (Å²) in [4.78, 5) is 25.7. The highest BCUT2D eigenvalue weighted by molar-refractivity contribution is 5.91. The Morgan fingerprint density at radius 2 is 2.04 bits per heavy atom. The Morgan fingerprint density at radius 1 is 1.30 bits per heavy atom. The number of rotatable bonds is 7. The molecule has 1 saturated heterocycles. The minimum Gasteiger partial charge on any atom is -0.459 e. The van der Waals surface area contributed by atoms with Gasteiger partial charge in [-0.05, 0) is 50.9 Å². The topological polar surface area (TPSA) is 74.6 Å². The standard InChI is InChI=1S/C16H25N3O3.ClH/c1-17-8-4-13-6-10-19(11-7-13)15(20)5-9-18-16(21)14-3-2-12-22-14;/h2-3,12-13,17H,4-11H2,1H3,(H,18,21);1H. The van der Waals surface area contributed by atoms with Gasteiger partial charge < -0.3 is 20.0 Å². The van der Waals surface area contributed by atoms with Crippen LogP contribution in [0.25, 0.3) is 0 Å². The van der Waals surface area contributed by atoms with Gasteiger partial charge in [0.2, 0.25) is 5.91 Å². The summed E-state index contributed by atoms with van der Waals surface area (Å²) in [5.74, 6) is 0.836. The molecule has 2 heterocycles. The molecule has 0 saturated carbocycles. The second-order valence-electron chi connectivity index (χ2n) is 5.70. The fourth-order valence-corrected chi connectivity index (χ4v) is 2.76. The molecule has 23 heavy (non-hydrogen) atoms. The van der Waals surface area contributed by atoms with E-state index in [0.29, 0.717) is 13.0 Å². The molecule has 130 valence electrons. The van der Waals surface area contributed by atoms with Crippen LogP contribution in [-0.4, -0.2) is 49.9 Å². The fourth-order valence-electron chi connectivity index (χ4n) is 2.76. The van der Waals surface area contributed by atoms with Crippen LogP contribution in [0, 0.1) is 5.92 Å². The summed E-state index contributed by atoms with van der Waals surface area (Å²) in [5.41, 5.74) is 0. The first-order valence-corrected chi connectivity index (χ1v) is 7.94. The molecule has 1 aromatic rings. The average Bonchev–Trinajstić information content (AvgIpc) is 3.07. The van der Waals surface area contributed by atoms with Crippen molar-refractivity contribution in [1.29, 1.82) is 0 Å². The Balaban J connectivity index is 0.00000264. The Bertz CT molecular complexity index is 471. The van der Waals surface area contributed by atoms with E-state index in [4.69, 9.17) is 4.42 Å². The SMILES string of the molecule is CNCCC1CCN(C(=O)CCNC(=O)c2ccco2)CC1.Cl. The van der Waals surface area contributed by atoms with Crippen LogP contribution in [0.3, 0.4) is 0 Å². The molecule has 0 atom stereocenters. The summed E-state index contributed by atoms with van der Waals surface area (Å²) in [7, 11) is 1.97. The summed E-state index contributed by atoms with van der Waals surface area (Å²) >= 11 is 0. The van der Waals surface area contributed by atoms with Crippen molar-refractivity contribution in [2.24, 2.45) is 5.92 Å². The predicted octanol–water partition coefficient (Wildman–Crippen LogP) is 1.67. The number of halogens is 1. The third-order valence-electron chi connectivity index (χ3n) is 4.14. The first kappa shape index (κ1) is 19.5. The molecule has 0 aromatic carbocycles. The molecule has 6 nitrogen and oxygen atoms in total. The van der Waals surface area contributed by atoms with Crippen LogP contribution >= 0.6 is 12.4 Å². The Kier molecular flexibility index (Phi) is 8.73. The van der Waals surface area contributed by atoms with Crippen LogP contribution in [0.5, 0.6) is 0 Å². The van der Waals surface area contributed by atoms with Crippen molar-refractivity contribution in [3.8, 4) is 0 Å². The molecular formula is C16H26ClN3O3. The maximum absolute atomic E-state index is 12.1. The van der Waals surface area contributed by atoms with Crippen LogP contribution in [0.4, 0.5) is 0 Å². The average molecular weight is 344 g/mol. The van der Waals surface area contributed by atoms with Gasteiger partial charge in [0.05, 0.1) is 6.26 Å². The number of carbonyl (C=O) groups excluding carboxylic acids is 2. The van der Waals surface area contributed by atoms with Crippen molar-refractivity contribution >= 4 is 24.2 Å². The molecule has 0 radical (unpaired) electrons. The highest BCUT2D eigenvalue weighted by atomic mass is 35.5. The zero-order valence-electron chi connectivity index (χ0n) is 13.5. The van der Waals surface area contributed by atoms with Gasteiger partial charge in [0.1, 0.15) is 0 Å². The lowest BCUT2D eigenvalue weighted by molar-refractivity contribution is -0.132. The number of nitrogens with zero attached hydrogens (tertiary/aromatic N) is 1. The molecule has 1 fully saturated rings. The van der Waals surface area contributed by atoms with Gasteiger partial charge >= 0.3 is 0 Å². The summed E-state index contributed by atoms with van der Waals surface area (Å²) in [6, 6.07) is 3.27. The minimum atomic E-state index is -0.274. The molecule has 1 aliphatic rings. The van der Waals surface area contributed by atoms with Gasteiger partial charge in [0.25, 0.3) is 5.91 Å². The van der Waals surface area contributed by atoms with Gasteiger partial charge in [-0.3, -0.25) is 9.59 Å². The predicted molar refractivity (Wildman–Crippen MR) is 90.8 cm³/mol. The van der Waals surface area contributed by atoms with Gasteiger partial charge in [-0.1, -0.05) is 0 Å². The first-order valence-electron chi connectivity index (χ1n) is 7.94. The van der Waals surface area contributed by atoms with Gasteiger partial charge in [-0.25, -0.2) is 0 Å². The van der Waals surface area contributed by atoms with Crippen LogP contribution in [0.1, 0.15) is 36.2 Å². The van der Waals surface area contributed by atoms with E-state index in [1.165, 1.54) is 12.7 Å². The zero-order valence-corrected chi connectivity index (χ0v) is 14.4. The lowest BCUT2D eigenvalue weighted by atomic mass is 9.93. The molecule has 2 amide bonds. The Morgan fingerprint density at radius 3 is 2.65 bits per heavy atom. The number of amides is 2. The number of carbonyl (C=O) groups is 2. The molecule has 0 aliphatic carbocycles. The summed E-state index contributed by atoms with van der Waals surface area (Å²) in [5, 5.41) is 5.87. The molecule has 1 aromatic heterocycles. The van der Waals surface area contributed by atoms with Crippen LogP contribution in [-0.2, 0) is 4.79 Å². The summed E-state index contributed by atoms with van der Waals surface area (Å²) < 4.78 is 5.00. The Hall–Kier alpha value is -1.53. The zero-order chi connectivity index (χ0) is 15.8. The van der Waals surface area contributed by atoms with Crippen molar-refractivity contribution in [2.75, 3.05) is 33.2 Å². The molecule has 2 rings (SSSR count). The lowest BCUT2D eigenvalue weighted by Gasteiger charge is -2.32. The minimum absolute atomic E-state index is 0. The Labute approximate surface area is 143 Å². The third kappa shape index (κ3) is 6.23. The number of hydrogen-bond acceptors (Lipinski definition) is 4. The highest BCUT2D eigenvalue weighted by Gasteiger charge is 2.22. The molecule has 7 heteroatoms. The lowest BCUT2D eigenvalue weighted by Crippen LogP contribution is -2.40. The number of likely N-dealkylation sites (tertiary alicyclic amines) is 1. The smallest absolute Gasteiger partial charge is 0.286 e. The van der Waals surface area contributed by atoms with E-state index in [2.05, 4.69) is 10.6 Å². The van der Waals surface area contributed by atoms with E-state index in [0.717, 1.165) is 38.4 Å². The quantitative estimate of drug-likeness (QED) is 0.789. The molecular weight excluding hydrogens is 318 g/mol. The van der Waals surface area contributed by atoms with E-state index >= 15 is 0 Å². The van der Waals surface area contributed by atoms with Crippen molar-refractivity contribution in [3.63, 3.8) is 0 Å². The third-order valence-corrected chi connectivity index (χ3v) is 4.14. The number of nitrogens with one attached hydrogen (secondary N) is 2. The second-order valence-corrected chi connectivity index (χ2v) is 5.70. The van der Waals surface area contributed by atoms with E-state index in [9.17, 15) is 9.59 Å². The second kappa shape index (κ2) is 10.3. The molecule has 0 unspecified atom stereocenters. The molecule has 0 spiro atoms. The summed E-state index contributed by atoms with van der Waals surface area (Å²) in [6.07, 6.45) is 5.13. The van der Waals surface area contributed by atoms with Crippen molar-refractivity contribution in [3.05, 3.63) is 24.2 Å². The molecule has 0 bridgehead atoms. The molecule has 1 aliphatic heterocycles. The highest BCUT2D eigenvalue weighted by Crippen LogP contribution is 2.20. The number of piperidine rings is 1. The number of hydrogen-bond donors (Lipinski definition) is 2. The maximum atomic E-state index is 12.1. The van der Waals surface area contributed by atoms with Gasteiger partial charge in [-0.2, -0.15) is 0 Å². The monoisotopic (exact) mass is 343 g/mol. The van der Waals surface area contributed by atoms with Gasteiger partial charge in [-0.15, -0.1) is 12.4 Å². The van der Waals surface area contributed by atoms with Gasteiger partial charge in [0.15, 0.2) is 5.76 Å². The van der Waals surface area contributed by atoms with E-state index in [-0.39, 0.29) is 30.0 Å². The van der Waals surface area contributed by atoms with Crippen LogP contribution in [0.15, 0.2) is 22.8 Å². The van der Waals surface area contributed by atoms with Crippen molar-refractivity contribution < 1.29 is 14.0 Å². The summed E-state index contributed by atoms with van der Waals surface area (Å²) in [6.45, 7) is 3.05.